The van der Waals surface area contributed by atoms with Gasteiger partial charge in [-0.15, -0.1) is 0 Å². The normalized spacial score (nSPS) is 10.1. The lowest BCUT2D eigenvalue weighted by atomic mass is 10.1. The first-order valence-electron chi connectivity index (χ1n) is 6.20. The molecule has 0 spiro atoms. The van der Waals surface area contributed by atoms with E-state index in [1.807, 2.05) is 31.1 Å². The molecule has 1 N–H and O–H groups in total. The van der Waals surface area contributed by atoms with Gasteiger partial charge in [-0.25, -0.2) is 0 Å². The second-order valence-corrected chi connectivity index (χ2v) is 4.52. The topological polar surface area (TPSA) is 62.6 Å². The molecule has 0 atom stereocenters. The maximum Gasteiger partial charge on any atom is 0.287 e. The molecule has 5 nitrogen and oxygen atoms in total. The van der Waals surface area contributed by atoms with Crippen LogP contribution in [-0.4, -0.2) is 32.3 Å². The summed E-state index contributed by atoms with van der Waals surface area (Å²) in [4.78, 5) is 25.5. The maximum atomic E-state index is 11.9. The largest absolute Gasteiger partial charge is 0.459 e. The van der Waals surface area contributed by atoms with Gasteiger partial charge in [0.15, 0.2) is 11.5 Å². The Hall–Kier alpha value is -2.56. The first-order valence-corrected chi connectivity index (χ1v) is 6.20. The van der Waals surface area contributed by atoms with Crippen LogP contribution in [0.3, 0.4) is 0 Å². The van der Waals surface area contributed by atoms with E-state index in [4.69, 9.17) is 4.42 Å². The zero-order valence-electron chi connectivity index (χ0n) is 11.4. The third-order valence-corrected chi connectivity index (χ3v) is 2.86. The summed E-state index contributed by atoms with van der Waals surface area (Å²) in [5.41, 5.74) is 1.58. The van der Waals surface area contributed by atoms with E-state index >= 15 is 0 Å². The van der Waals surface area contributed by atoms with E-state index in [-0.39, 0.29) is 18.1 Å². The van der Waals surface area contributed by atoms with E-state index in [1.165, 1.54) is 6.26 Å². The fourth-order valence-electron chi connectivity index (χ4n) is 1.70. The lowest BCUT2D eigenvalue weighted by Gasteiger charge is -2.12. The SMILES string of the molecule is CN(C)c1ccc(C(=O)CNC(=O)c2ccco2)cc1. The van der Waals surface area contributed by atoms with Crippen LogP contribution in [0, 0.1) is 0 Å². The number of Topliss-reactive ketones (excluding diaryl/α,β-unsaturated/α-hetero) is 1. The second kappa shape index (κ2) is 6.06. The average Bonchev–Trinajstić information content (AvgIpc) is 2.98. The fraction of sp³-hybridized carbons (Fsp3) is 0.200. The molecule has 0 saturated heterocycles. The lowest BCUT2D eigenvalue weighted by molar-refractivity contribution is 0.0885. The van der Waals surface area contributed by atoms with Gasteiger partial charge >= 0.3 is 0 Å². The smallest absolute Gasteiger partial charge is 0.287 e. The molecule has 1 amide bonds. The zero-order valence-corrected chi connectivity index (χ0v) is 11.4. The minimum atomic E-state index is -0.395. The number of carbonyl (C=O) groups excluding carboxylic acids is 2. The van der Waals surface area contributed by atoms with Gasteiger partial charge in [0, 0.05) is 25.3 Å². The zero-order chi connectivity index (χ0) is 14.5. The Balaban J connectivity index is 1.93. The van der Waals surface area contributed by atoms with E-state index in [1.54, 1.807) is 24.3 Å². The van der Waals surface area contributed by atoms with Crippen molar-refractivity contribution in [3.8, 4) is 0 Å². The third-order valence-electron chi connectivity index (χ3n) is 2.86. The molecule has 0 aliphatic heterocycles. The average molecular weight is 272 g/mol. The van der Waals surface area contributed by atoms with E-state index in [9.17, 15) is 9.59 Å². The molecule has 20 heavy (non-hydrogen) atoms. The number of nitrogens with zero attached hydrogens (tertiary/aromatic N) is 1. The Morgan fingerprint density at radius 1 is 1.15 bits per heavy atom. The Labute approximate surface area is 117 Å². The Kier molecular flexibility index (Phi) is 4.20. The van der Waals surface area contributed by atoms with Crippen LogP contribution in [0.15, 0.2) is 47.1 Å². The second-order valence-electron chi connectivity index (χ2n) is 4.52. The number of benzene rings is 1. The van der Waals surface area contributed by atoms with Crippen LogP contribution >= 0.6 is 0 Å². The van der Waals surface area contributed by atoms with Gasteiger partial charge in [-0.3, -0.25) is 9.59 Å². The van der Waals surface area contributed by atoms with Crippen molar-refractivity contribution < 1.29 is 14.0 Å². The molecule has 0 saturated carbocycles. The minimum Gasteiger partial charge on any atom is -0.459 e. The van der Waals surface area contributed by atoms with Crippen molar-refractivity contribution in [2.24, 2.45) is 0 Å². The van der Waals surface area contributed by atoms with E-state index in [0.29, 0.717) is 5.56 Å². The number of nitrogens with one attached hydrogen (secondary N) is 1. The molecule has 0 aliphatic carbocycles. The van der Waals surface area contributed by atoms with E-state index < -0.39 is 5.91 Å². The fourth-order valence-corrected chi connectivity index (χ4v) is 1.70. The Bertz CT molecular complexity index is 586. The van der Waals surface area contributed by atoms with Crippen molar-refractivity contribution in [2.75, 3.05) is 25.5 Å². The summed E-state index contributed by atoms with van der Waals surface area (Å²) in [5.74, 6) is -0.343. The van der Waals surface area contributed by atoms with Gasteiger partial charge in [-0.2, -0.15) is 0 Å². The summed E-state index contributed by atoms with van der Waals surface area (Å²) in [6, 6.07) is 10.4. The molecule has 1 aromatic carbocycles. The van der Waals surface area contributed by atoms with Gasteiger partial charge in [0.2, 0.25) is 0 Å². The minimum absolute atomic E-state index is 0.0547. The van der Waals surface area contributed by atoms with Crippen LogP contribution in [0.1, 0.15) is 20.9 Å². The van der Waals surface area contributed by atoms with E-state index in [2.05, 4.69) is 5.32 Å². The summed E-state index contributed by atoms with van der Waals surface area (Å²) in [7, 11) is 3.86. The Morgan fingerprint density at radius 3 is 2.40 bits per heavy atom. The van der Waals surface area contributed by atoms with Gasteiger partial charge in [0.1, 0.15) is 0 Å². The molecular weight excluding hydrogens is 256 g/mol. The van der Waals surface area contributed by atoms with Crippen molar-refractivity contribution in [3.05, 3.63) is 54.0 Å². The summed E-state index contributed by atoms with van der Waals surface area (Å²) in [5, 5.41) is 2.53. The van der Waals surface area contributed by atoms with Gasteiger partial charge in [0.05, 0.1) is 12.8 Å². The van der Waals surface area contributed by atoms with Crippen molar-refractivity contribution in [1.29, 1.82) is 0 Å². The number of amides is 1. The number of ketones is 1. The highest BCUT2D eigenvalue weighted by Gasteiger charge is 2.11. The molecular formula is C15H16N2O3. The van der Waals surface area contributed by atoms with Crippen LogP contribution in [0.5, 0.6) is 0 Å². The molecule has 1 heterocycles. The standard InChI is InChI=1S/C15H16N2O3/c1-17(2)12-7-5-11(6-8-12)13(18)10-16-15(19)14-4-3-9-20-14/h3-9H,10H2,1-2H3,(H,16,19). The van der Waals surface area contributed by atoms with Crippen LogP contribution in [0.2, 0.25) is 0 Å². The van der Waals surface area contributed by atoms with Gasteiger partial charge in [-0.05, 0) is 36.4 Å². The van der Waals surface area contributed by atoms with Gasteiger partial charge < -0.3 is 14.6 Å². The third kappa shape index (κ3) is 3.26. The predicted octanol–water partition coefficient (Wildman–Crippen LogP) is 1.96. The number of furan rings is 1. The molecule has 0 fully saturated rings. The molecule has 0 aliphatic rings. The lowest BCUT2D eigenvalue weighted by Crippen LogP contribution is -2.29. The maximum absolute atomic E-state index is 11.9. The molecule has 0 bridgehead atoms. The number of hydrogen-bond acceptors (Lipinski definition) is 4. The van der Waals surface area contributed by atoms with Crippen LogP contribution < -0.4 is 10.2 Å². The highest BCUT2D eigenvalue weighted by molar-refractivity contribution is 6.01. The molecule has 0 unspecified atom stereocenters. The first-order chi connectivity index (χ1) is 9.58. The van der Waals surface area contributed by atoms with Crippen molar-refractivity contribution >= 4 is 17.4 Å². The molecule has 5 heteroatoms. The summed E-state index contributed by atoms with van der Waals surface area (Å²) < 4.78 is 4.95. The summed E-state index contributed by atoms with van der Waals surface area (Å²) >= 11 is 0. The van der Waals surface area contributed by atoms with Crippen molar-refractivity contribution in [1.82, 2.24) is 5.32 Å². The van der Waals surface area contributed by atoms with E-state index in [0.717, 1.165) is 5.69 Å². The van der Waals surface area contributed by atoms with Crippen LogP contribution in [-0.2, 0) is 0 Å². The molecule has 2 aromatic rings. The van der Waals surface area contributed by atoms with Crippen LogP contribution in [0.25, 0.3) is 0 Å². The Morgan fingerprint density at radius 2 is 1.85 bits per heavy atom. The van der Waals surface area contributed by atoms with Crippen molar-refractivity contribution in [2.45, 2.75) is 0 Å². The molecule has 1 aromatic heterocycles. The summed E-state index contributed by atoms with van der Waals surface area (Å²) in [6.45, 7) is -0.0547. The quantitative estimate of drug-likeness (QED) is 0.845. The highest BCUT2D eigenvalue weighted by Crippen LogP contribution is 2.12. The predicted molar refractivity (Wildman–Crippen MR) is 76.1 cm³/mol. The monoisotopic (exact) mass is 272 g/mol. The highest BCUT2D eigenvalue weighted by atomic mass is 16.3. The first kappa shape index (κ1) is 13.9. The molecule has 2 rings (SSSR count). The van der Waals surface area contributed by atoms with Crippen molar-refractivity contribution in [3.63, 3.8) is 0 Å². The van der Waals surface area contributed by atoms with Crippen LogP contribution in [0.4, 0.5) is 5.69 Å². The number of carbonyl (C=O) groups is 2. The molecule has 104 valence electrons. The molecule has 0 radical (unpaired) electrons. The number of anilines is 1. The summed E-state index contributed by atoms with van der Waals surface area (Å²) in [6.07, 6.45) is 1.41. The van der Waals surface area contributed by atoms with Gasteiger partial charge in [0.25, 0.3) is 5.91 Å². The number of hydrogen-bond donors (Lipinski definition) is 1. The van der Waals surface area contributed by atoms with Gasteiger partial charge in [-0.1, -0.05) is 0 Å². The number of rotatable bonds is 5.